The summed E-state index contributed by atoms with van der Waals surface area (Å²) in [5.74, 6) is -0.290. The number of hydrogen-bond donors (Lipinski definition) is 0. The summed E-state index contributed by atoms with van der Waals surface area (Å²) in [6.07, 6.45) is 1.94. The minimum absolute atomic E-state index is 0.290. The van der Waals surface area contributed by atoms with Crippen molar-refractivity contribution in [2.24, 2.45) is 0 Å². The largest absolute Gasteiger partial charge is 0.465 e. The average Bonchev–Trinajstić information content (AvgIpc) is 2.59. The van der Waals surface area contributed by atoms with Gasteiger partial charge in [-0.15, -0.1) is 0 Å². The van der Waals surface area contributed by atoms with E-state index in [1.54, 1.807) is 0 Å². The van der Waals surface area contributed by atoms with Gasteiger partial charge in [-0.05, 0) is 53.8 Å². The van der Waals surface area contributed by atoms with E-state index in [4.69, 9.17) is 4.74 Å². The molecule has 0 saturated carbocycles. The fourth-order valence-electron chi connectivity index (χ4n) is 2.78. The first-order chi connectivity index (χ1) is 11.2. The zero-order chi connectivity index (χ0) is 16.2. The van der Waals surface area contributed by atoms with Gasteiger partial charge in [0.05, 0.1) is 12.7 Å². The Morgan fingerprint density at radius 3 is 2.17 bits per heavy atom. The fourth-order valence-corrected chi connectivity index (χ4v) is 2.78. The van der Waals surface area contributed by atoms with Crippen molar-refractivity contribution in [3.8, 4) is 0 Å². The average molecular weight is 304 g/mol. The molecule has 2 nitrogen and oxygen atoms in total. The lowest BCUT2D eigenvalue weighted by Crippen LogP contribution is -2.01. The monoisotopic (exact) mass is 304 g/mol. The first kappa shape index (κ1) is 15.3. The maximum Gasteiger partial charge on any atom is 0.337 e. The molecule has 0 bridgehead atoms. The number of hydrogen-bond acceptors (Lipinski definition) is 2. The molecule has 3 aromatic rings. The molecular formula is C21H20O2. The number of esters is 1. The molecule has 0 amide bonds. The van der Waals surface area contributed by atoms with Crippen LogP contribution in [0.25, 0.3) is 10.8 Å². The predicted octanol–water partition coefficient (Wildman–Crippen LogP) is 4.72. The quantitative estimate of drug-likeness (QED) is 0.652. The van der Waals surface area contributed by atoms with Crippen LogP contribution in [-0.4, -0.2) is 13.1 Å². The molecule has 0 fully saturated rings. The second-order valence-electron chi connectivity index (χ2n) is 5.87. The van der Waals surface area contributed by atoms with Crippen LogP contribution in [-0.2, 0) is 17.6 Å². The molecule has 0 heterocycles. The lowest BCUT2D eigenvalue weighted by atomic mass is 10.00. The standard InChI is InChI=1S/C21H20O2/c1-15-3-9-20-14-17(8-12-19(20)13-15)5-4-16-6-10-18(11-7-16)21(22)23-2/h3,6-14H,4-5H2,1-2H3. The van der Waals surface area contributed by atoms with Gasteiger partial charge in [0, 0.05) is 0 Å². The smallest absolute Gasteiger partial charge is 0.337 e. The van der Waals surface area contributed by atoms with Crippen LogP contribution >= 0.6 is 0 Å². The zero-order valence-electron chi connectivity index (χ0n) is 13.5. The lowest BCUT2D eigenvalue weighted by molar-refractivity contribution is 0.0600. The van der Waals surface area contributed by atoms with Crippen LogP contribution in [0.5, 0.6) is 0 Å². The van der Waals surface area contributed by atoms with Gasteiger partial charge in [-0.2, -0.15) is 0 Å². The number of methoxy groups -OCH3 is 1. The lowest BCUT2D eigenvalue weighted by Gasteiger charge is -2.06. The third-order valence-corrected chi connectivity index (χ3v) is 4.14. The summed E-state index contributed by atoms with van der Waals surface area (Å²) in [7, 11) is 1.40. The highest BCUT2D eigenvalue weighted by molar-refractivity contribution is 5.89. The Balaban J connectivity index is 1.70. The summed E-state index contributed by atoms with van der Waals surface area (Å²) in [5, 5.41) is 2.57. The van der Waals surface area contributed by atoms with Crippen molar-refractivity contribution < 1.29 is 9.53 Å². The van der Waals surface area contributed by atoms with Gasteiger partial charge >= 0.3 is 5.97 Å². The number of benzene rings is 3. The summed E-state index contributed by atoms with van der Waals surface area (Å²) in [6.45, 7) is 2.12. The fraction of sp³-hybridized carbons (Fsp3) is 0.190. The minimum Gasteiger partial charge on any atom is -0.465 e. The summed E-state index contributed by atoms with van der Waals surface area (Å²) in [4.78, 5) is 11.4. The van der Waals surface area contributed by atoms with Crippen molar-refractivity contribution in [3.05, 3.63) is 82.9 Å². The van der Waals surface area contributed by atoms with Crippen LogP contribution in [0.1, 0.15) is 27.0 Å². The van der Waals surface area contributed by atoms with E-state index in [-0.39, 0.29) is 5.97 Å². The number of ether oxygens (including phenoxy) is 1. The van der Waals surface area contributed by atoms with Crippen LogP contribution in [0.3, 0.4) is 0 Å². The highest BCUT2D eigenvalue weighted by Gasteiger charge is 2.04. The van der Waals surface area contributed by atoms with E-state index < -0.39 is 0 Å². The first-order valence-corrected chi connectivity index (χ1v) is 7.82. The Morgan fingerprint density at radius 2 is 1.43 bits per heavy atom. The van der Waals surface area contributed by atoms with Gasteiger partial charge in [0.25, 0.3) is 0 Å². The van der Waals surface area contributed by atoms with Crippen LogP contribution < -0.4 is 0 Å². The molecule has 23 heavy (non-hydrogen) atoms. The van der Waals surface area contributed by atoms with Crippen LogP contribution in [0.2, 0.25) is 0 Å². The third-order valence-electron chi connectivity index (χ3n) is 4.14. The molecule has 0 aliphatic carbocycles. The minimum atomic E-state index is -0.290. The van der Waals surface area contributed by atoms with Crippen molar-refractivity contribution in [2.45, 2.75) is 19.8 Å². The van der Waals surface area contributed by atoms with E-state index in [1.807, 2.05) is 24.3 Å². The number of aryl methyl sites for hydroxylation is 3. The summed E-state index contributed by atoms with van der Waals surface area (Å²) < 4.78 is 4.72. The molecule has 0 spiro atoms. The van der Waals surface area contributed by atoms with Gasteiger partial charge in [-0.1, -0.05) is 54.1 Å². The molecule has 0 aliphatic heterocycles. The van der Waals surface area contributed by atoms with E-state index in [0.717, 1.165) is 12.8 Å². The number of fused-ring (bicyclic) bond motifs is 1. The number of rotatable bonds is 4. The highest BCUT2D eigenvalue weighted by atomic mass is 16.5. The molecule has 0 saturated heterocycles. The maximum absolute atomic E-state index is 11.4. The predicted molar refractivity (Wildman–Crippen MR) is 93.9 cm³/mol. The Hall–Kier alpha value is -2.61. The van der Waals surface area contributed by atoms with Crippen LogP contribution in [0, 0.1) is 6.92 Å². The van der Waals surface area contributed by atoms with Gasteiger partial charge in [0.1, 0.15) is 0 Å². The first-order valence-electron chi connectivity index (χ1n) is 7.82. The molecular weight excluding hydrogens is 284 g/mol. The summed E-state index contributed by atoms with van der Waals surface area (Å²) in [5.41, 5.74) is 4.44. The molecule has 0 N–H and O–H groups in total. The van der Waals surface area contributed by atoms with Gasteiger partial charge in [0.2, 0.25) is 0 Å². The van der Waals surface area contributed by atoms with E-state index in [9.17, 15) is 4.79 Å². The Bertz CT molecular complexity index is 832. The molecule has 0 atom stereocenters. The van der Waals surface area contributed by atoms with E-state index in [0.29, 0.717) is 5.56 Å². The summed E-state index contributed by atoms with van der Waals surface area (Å²) >= 11 is 0. The second-order valence-corrected chi connectivity index (χ2v) is 5.87. The zero-order valence-corrected chi connectivity index (χ0v) is 13.5. The van der Waals surface area contributed by atoms with Gasteiger partial charge < -0.3 is 4.74 Å². The van der Waals surface area contributed by atoms with E-state index >= 15 is 0 Å². The van der Waals surface area contributed by atoms with Crippen LogP contribution in [0.4, 0.5) is 0 Å². The van der Waals surface area contributed by atoms with Crippen molar-refractivity contribution in [1.82, 2.24) is 0 Å². The summed E-state index contributed by atoms with van der Waals surface area (Å²) in [6, 6.07) is 20.8. The third kappa shape index (κ3) is 3.59. The van der Waals surface area contributed by atoms with Gasteiger partial charge in [-0.25, -0.2) is 4.79 Å². The van der Waals surface area contributed by atoms with Crippen molar-refractivity contribution in [2.75, 3.05) is 7.11 Å². The van der Waals surface area contributed by atoms with Crippen molar-refractivity contribution >= 4 is 16.7 Å². The van der Waals surface area contributed by atoms with Crippen molar-refractivity contribution in [1.29, 1.82) is 0 Å². The second kappa shape index (κ2) is 6.66. The van der Waals surface area contributed by atoms with Crippen molar-refractivity contribution in [3.63, 3.8) is 0 Å². The molecule has 116 valence electrons. The van der Waals surface area contributed by atoms with Gasteiger partial charge in [-0.3, -0.25) is 0 Å². The molecule has 0 radical (unpaired) electrons. The molecule has 3 rings (SSSR count). The highest BCUT2D eigenvalue weighted by Crippen LogP contribution is 2.19. The maximum atomic E-state index is 11.4. The number of carbonyl (C=O) groups excluding carboxylic acids is 1. The molecule has 0 aromatic heterocycles. The number of carbonyl (C=O) groups is 1. The van der Waals surface area contributed by atoms with E-state index in [2.05, 4.69) is 43.3 Å². The molecule has 0 aliphatic rings. The van der Waals surface area contributed by atoms with Crippen LogP contribution in [0.15, 0.2) is 60.7 Å². The molecule has 2 heteroatoms. The SMILES string of the molecule is COC(=O)c1ccc(CCc2ccc3cc(C)ccc3c2)cc1. The Morgan fingerprint density at radius 1 is 0.826 bits per heavy atom. The Labute approximate surface area is 136 Å². The molecule has 0 unspecified atom stereocenters. The van der Waals surface area contributed by atoms with Gasteiger partial charge in [0.15, 0.2) is 0 Å². The topological polar surface area (TPSA) is 26.3 Å². The normalized spacial score (nSPS) is 10.7. The Kier molecular flexibility index (Phi) is 4.42. The van der Waals surface area contributed by atoms with E-state index in [1.165, 1.54) is 34.6 Å². The molecule has 3 aromatic carbocycles.